The van der Waals surface area contributed by atoms with Crippen molar-refractivity contribution < 1.29 is 4.79 Å². The molecule has 0 bridgehead atoms. The Bertz CT molecular complexity index is 1310. The van der Waals surface area contributed by atoms with Crippen molar-refractivity contribution in [3.8, 4) is 11.3 Å². The number of aromatic nitrogens is 1. The molecule has 2 aromatic carbocycles. The van der Waals surface area contributed by atoms with Crippen molar-refractivity contribution in [1.82, 2.24) is 10.4 Å². The number of para-hydroxylation sites is 1. The van der Waals surface area contributed by atoms with E-state index < -0.39 is 0 Å². The van der Waals surface area contributed by atoms with Crippen LogP contribution in [0.5, 0.6) is 0 Å². The van der Waals surface area contributed by atoms with Gasteiger partial charge in [-0.1, -0.05) is 63.2 Å². The van der Waals surface area contributed by atoms with Crippen molar-refractivity contribution in [3.05, 3.63) is 87.6 Å². The van der Waals surface area contributed by atoms with Crippen LogP contribution in [0.3, 0.4) is 0 Å². The van der Waals surface area contributed by atoms with E-state index >= 15 is 0 Å². The summed E-state index contributed by atoms with van der Waals surface area (Å²) in [5.41, 5.74) is 7.95. The molecule has 0 atom stereocenters. The van der Waals surface area contributed by atoms with Gasteiger partial charge in [0.05, 0.1) is 27.4 Å². The number of carbonyl (C=O) groups excluding carboxylic acids is 1. The summed E-state index contributed by atoms with van der Waals surface area (Å²) >= 11 is 1.66. The van der Waals surface area contributed by atoms with Gasteiger partial charge in [0.25, 0.3) is 5.91 Å². The molecular formula is C27H27N3OS. The number of thiophene rings is 1. The van der Waals surface area contributed by atoms with Gasteiger partial charge in [0, 0.05) is 15.8 Å². The smallest absolute Gasteiger partial charge is 0.267 e. The number of hydrogen-bond acceptors (Lipinski definition) is 4. The highest BCUT2D eigenvalue weighted by Gasteiger charge is 2.16. The van der Waals surface area contributed by atoms with Crippen LogP contribution in [0, 0.1) is 6.92 Å². The molecule has 0 aliphatic rings. The summed E-state index contributed by atoms with van der Waals surface area (Å²) in [4.78, 5) is 20.2. The number of carbonyl (C=O) groups is 1. The van der Waals surface area contributed by atoms with Crippen LogP contribution in [0.1, 0.15) is 53.4 Å². The summed E-state index contributed by atoms with van der Waals surface area (Å²) in [6.45, 7) is 10.5. The van der Waals surface area contributed by atoms with Crippen molar-refractivity contribution in [2.75, 3.05) is 0 Å². The first kappa shape index (κ1) is 21.9. The second-order valence-electron chi connectivity index (χ2n) is 8.95. The lowest BCUT2D eigenvalue weighted by Crippen LogP contribution is -2.19. The van der Waals surface area contributed by atoms with Crippen molar-refractivity contribution >= 4 is 33.9 Å². The molecule has 0 spiro atoms. The summed E-state index contributed by atoms with van der Waals surface area (Å²) in [5.74, 6) is -0.246. The van der Waals surface area contributed by atoms with E-state index in [2.05, 4.69) is 68.6 Å². The first-order valence-corrected chi connectivity index (χ1v) is 11.5. The van der Waals surface area contributed by atoms with Gasteiger partial charge in [-0.25, -0.2) is 10.4 Å². The normalized spacial score (nSPS) is 12.2. The number of amides is 1. The maximum atomic E-state index is 13.1. The summed E-state index contributed by atoms with van der Waals surface area (Å²) in [7, 11) is 0. The zero-order valence-corrected chi connectivity index (χ0v) is 19.9. The Morgan fingerprint density at radius 2 is 1.72 bits per heavy atom. The molecule has 0 radical (unpaired) electrons. The third kappa shape index (κ3) is 4.63. The van der Waals surface area contributed by atoms with Gasteiger partial charge in [-0.15, -0.1) is 11.3 Å². The third-order valence-corrected chi connectivity index (χ3v) is 6.54. The highest BCUT2D eigenvalue weighted by atomic mass is 32.1. The van der Waals surface area contributed by atoms with Gasteiger partial charge in [-0.05, 0) is 49.1 Å². The first-order chi connectivity index (χ1) is 15.2. The van der Waals surface area contributed by atoms with Crippen molar-refractivity contribution in [1.29, 1.82) is 0 Å². The fourth-order valence-electron chi connectivity index (χ4n) is 3.53. The van der Waals surface area contributed by atoms with Gasteiger partial charge in [0.1, 0.15) is 0 Å². The van der Waals surface area contributed by atoms with Crippen LogP contribution < -0.4 is 5.43 Å². The van der Waals surface area contributed by atoms with Gasteiger partial charge in [0.2, 0.25) is 0 Å². The van der Waals surface area contributed by atoms with E-state index in [1.807, 2.05) is 43.3 Å². The van der Waals surface area contributed by atoms with Crippen LogP contribution in [-0.2, 0) is 5.41 Å². The first-order valence-electron chi connectivity index (χ1n) is 10.6. The molecule has 0 unspecified atom stereocenters. The number of hydrogen-bond donors (Lipinski definition) is 1. The van der Waals surface area contributed by atoms with Crippen LogP contribution >= 0.6 is 11.3 Å². The lowest BCUT2D eigenvalue weighted by atomic mass is 9.86. The van der Waals surface area contributed by atoms with E-state index in [9.17, 15) is 4.79 Å². The molecule has 2 heterocycles. The number of nitrogens with zero attached hydrogens (tertiary/aromatic N) is 2. The van der Waals surface area contributed by atoms with Gasteiger partial charge in [0.15, 0.2) is 0 Å². The molecule has 0 saturated carbocycles. The Morgan fingerprint density at radius 1 is 1.00 bits per heavy atom. The molecule has 1 amide bonds. The van der Waals surface area contributed by atoms with Crippen molar-refractivity contribution in [2.45, 2.75) is 40.0 Å². The predicted octanol–water partition coefficient (Wildman–Crippen LogP) is 6.72. The average Bonchev–Trinajstić information content (AvgIpc) is 3.22. The van der Waals surface area contributed by atoms with Crippen molar-refractivity contribution in [3.63, 3.8) is 0 Å². The van der Waals surface area contributed by atoms with Crippen LogP contribution in [0.15, 0.2) is 71.8 Å². The molecule has 32 heavy (non-hydrogen) atoms. The van der Waals surface area contributed by atoms with Gasteiger partial charge < -0.3 is 0 Å². The highest BCUT2D eigenvalue weighted by Crippen LogP contribution is 2.28. The average molecular weight is 442 g/mol. The zero-order valence-electron chi connectivity index (χ0n) is 19.1. The number of fused-ring (bicyclic) bond motifs is 1. The molecular weight excluding hydrogens is 414 g/mol. The number of nitrogens with one attached hydrogen (secondary N) is 1. The summed E-state index contributed by atoms with van der Waals surface area (Å²) in [6.07, 6.45) is 0. The predicted molar refractivity (Wildman–Crippen MR) is 135 cm³/mol. The number of benzene rings is 2. The Labute approximate surface area is 193 Å². The number of pyridine rings is 1. The molecule has 2 aromatic heterocycles. The Balaban J connectivity index is 1.70. The van der Waals surface area contributed by atoms with E-state index in [0.29, 0.717) is 5.56 Å². The molecule has 4 nitrogen and oxygen atoms in total. The maximum Gasteiger partial charge on any atom is 0.272 e. The van der Waals surface area contributed by atoms with Crippen LogP contribution in [0.2, 0.25) is 0 Å². The molecule has 0 aliphatic heterocycles. The standard InChI is InChI=1S/C27H27N3OS/c1-17-10-15-25(32-17)18(2)29-30-26(31)22-16-24(28-23-9-7-6-8-21(22)23)19-11-13-20(14-12-19)27(3,4)5/h6-16H,1-5H3,(H,30,31)/b29-18-. The number of aryl methyl sites for hydroxylation is 1. The number of rotatable bonds is 4. The maximum absolute atomic E-state index is 13.1. The second-order valence-corrected chi connectivity index (χ2v) is 10.2. The van der Waals surface area contributed by atoms with Crippen LogP contribution in [-0.4, -0.2) is 16.6 Å². The molecule has 0 saturated heterocycles. The van der Waals surface area contributed by atoms with E-state index in [0.717, 1.165) is 32.7 Å². The van der Waals surface area contributed by atoms with E-state index in [1.165, 1.54) is 10.4 Å². The summed E-state index contributed by atoms with van der Waals surface area (Å²) < 4.78 is 0. The molecule has 4 rings (SSSR count). The van der Waals surface area contributed by atoms with E-state index in [4.69, 9.17) is 4.98 Å². The lowest BCUT2D eigenvalue weighted by Gasteiger charge is -2.19. The van der Waals surface area contributed by atoms with E-state index in [-0.39, 0.29) is 11.3 Å². The topological polar surface area (TPSA) is 54.4 Å². The Morgan fingerprint density at radius 3 is 2.38 bits per heavy atom. The quantitative estimate of drug-likeness (QED) is 0.282. The minimum absolute atomic E-state index is 0.0807. The van der Waals surface area contributed by atoms with Gasteiger partial charge >= 0.3 is 0 Å². The minimum atomic E-state index is -0.246. The fraction of sp³-hybridized carbons (Fsp3) is 0.222. The summed E-state index contributed by atoms with van der Waals surface area (Å²) in [5, 5.41) is 5.14. The van der Waals surface area contributed by atoms with Crippen LogP contribution in [0.4, 0.5) is 0 Å². The fourth-order valence-corrected chi connectivity index (χ4v) is 4.34. The van der Waals surface area contributed by atoms with Crippen LogP contribution in [0.25, 0.3) is 22.2 Å². The minimum Gasteiger partial charge on any atom is -0.267 e. The monoisotopic (exact) mass is 441 g/mol. The highest BCUT2D eigenvalue weighted by molar-refractivity contribution is 7.14. The molecule has 0 fully saturated rings. The molecule has 162 valence electrons. The lowest BCUT2D eigenvalue weighted by molar-refractivity contribution is 0.0956. The molecule has 1 N–H and O–H groups in total. The Kier molecular flexibility index (Phi) is 5.94. The van der Waals surface area contributed by atoms with Gasteiger partial charge in [-0.2, -0.15) is 5.10 Å². The van der Waals surface area contributed by atoms with Crippen molar-refractivity contribution in [2.24, 2.45) is 5.10 Å². The molecule has 5 heteroatoms. The largest absolute Gasteiger partial charge is 0.272 e. The second kappa shape index (κ2) is 8.67. The summed E-state index contributed by atoms with van der Waals surface area (Å²) in [6, 6.07) is 22.0. The number of hydrazone groups is 1. The van der Waals surface area contributed by atoms with Gasteiger partial charge in [-0.3, -0.25) is 4.79 Å². The molecule has 4 aromatic rings. The zero-order chi connectivity index (χ0) is 22.9. The third-order valence-electron chi connectivity index (χ3n) is 5.43. The SMILES string of the molecule is C/C(=N/NC(=O)c1cc(-c2ccc(C(C)(C)C)cc2)nc2ccccc12)c1ccc(C)s1. The van der Waals surface area contributed by atoms with E-state index in [1.54, 1.807) is 11.3 Å². The Hall–Kier alpha value is -3.31. The molecule has 0 aliphatic carbocycles.